The molecule has 1 atom stereocenters. The fourth-order valence-electron chi connectivity index (χ4n) is 1.53. The lowest BCUT2D eigenvalue weighted by molar-refractivity contribution is 0.173. The fraction of sp³-hybridized carbons (Fsp3) is 0.250. The normalized spacial score (nSPS) is 12.7. The molecule has 0 saturated carbocycles. The number of benzene rings is 1. The summed E-state index contributed by atoms with van der Waals surface area (Å²) in [6.45, 7) is 1.96. The lowest BCUT2D eigenvalue weighted by atomic mass is 10.1. The highest BCUT2D eigenvalue weighted by Crippen LogP contribution is 2.18. The third-order valence-corrected chi connectivity index (χ3v) is 2.89. The van der Waals surface area contributed by atoms with E-state index >= 15 is 0 Å². The molecule has 0 bridgehead atoms. The van der Waals surface area contributed by atoms with Gasteiger partial charge in [0.2, 0.25) is 0 Å². The van der Waals surface area contributed by atoms with Crippen LogP contribution in [-0.2, 0) is 0 Å². The van der Waals surface area contributed by atoms with Crippen LogP contribution in [0.25, 0.3) is 5.69 Å². The van der Waals surface area contributed by atoms with Gasteiger partial charge in [-0.2, -0.15) is 5.10 Å². The predicted octanol–water partition coefficient (Wildman–Crippen LogP) is 3.08. The minimum Gasteiger partial charge on any atom is -0.388 e. The molecule has 0 radical (unpaired) electrons. The molecule has 1 heterocycles. The number of hydrogen-bond acceptors (Lipinski definition) is 2. The van der Waals surface area contributed by atoms with Crippen LogP contribution in [0.1, 0.15) is 25.0 Å². The van der Waals surface area contributed by atoms with Crippen LogP contribution in [0.15, 0.2) is 41.1 Å². The highest BCUT2D eigenvalue weighted by atomic mass is 79.9. The van der Waals surface area contributed by atoms with Gasteiger partial charge in [-0.25, -0.2) is 4.68 Å². The third-order valence-electron chi connectivity index (χ3n) is 2.48. The van der Waals surface area contributed by atoms with E-state index in [1.54, 1.807) is 10.9 Å². The molecule has 2 rings (SSSR count). The molecule has 2 aromatic rings. The Bertz CT molecular complexity index is 464. The van der Waals surface area contributed by atoms with Gasteiger partial charge in [0, 0.05) is 6.20 Å². The smallest absolute Gasteiger partial charge is 0.0787 e. The van der Waals surface area contributed by atoms with Gasteiger partial charge in [-0.3, -0.25) is 0 Å². The zero-order valence-electron chi connectivity index (χ0n) is 8.97. The second-order valence-corrected chi connectivity index (χ2v) is 4.53. The van der Waals surface area contributed by atoms with Gasteiger partial charge in [-0.1, -0.05) is 19.1 Å². The Kier molecular flexibility index (Phi) is 3.41. The van der Waals surface area contributed by atoms with Gasteiger partial charge in [0.25, 0.3) is 0 Å². The van der Waals surface area contributed by atoms with Crippen LogP contribution in [0.4, 0.5) is 0 Å². The van der Waals surface area contributed by atoms with Crippen molar-refractivity contribution in [3.8, 4) is 5.69 Å². The van der Waals surface area contributed by atoms with Crippen molar-refractivity contribution in [1.29, 1.82) is 0 Å². The van der Waals surface area contributed by atoms with Crippen LogP contribution in [-0.4, -0.2) is 14.9 Å². The molecule has 84 valence electrons. The third kappa shape index (κ3) is 2.33. The summed E-state index contributed by atoms with van der Waals surface area (Å²) in [7, 11) is 0. The molecule has 1 unspecified atom stereocenters. The van der Waals surface area contributed by atoms with E-state index in [9.17, 15) is 5.11 Å². The minimum atomic E-state index is -0.376. The average molecular weight is 281 g/mol. The average Bonchev–Trinajstić information content (AvgIpc) is 2.75. The summed E-state index contributed by atoms with van der Waals surface area (Å²) in [6.07, 6.45) is 3.99. The van der Waals surface area contributed by atoms with Crippen molar-refractivity contribution in [2.45, 2.75) is 19.4 Å². The summed E-state index contributed by atoms with van der Waals surface area (Å²) in [5.41, 5.74) is 1.93. The summed E-state index contributed by atoms with van der Waals surface area (Å²) in [5, 5.41) is 13.9. The first kappa shape index (κ1) is 11.4. The molecule has 1 aromatic heterocycles. The van der Waals surface area contributed by atoms with Crippen LogP contribution in [0, 0.1) is 0 Å². The number of aliphatic hydroxyl groups is 1. The van der Waals surface area contributed by atoms with Crippen molar-refractivity contribution < 1.29 is 5.11 Å². The van der Waals surface area contributed by atoms with Gasteiger partial charge < -0.3 is 5.11 Å². The summed E-state index contributed by atoms with van der Waals surface area (Å²) in [6, 6.07) is 7.76. The van der Waals surface area contributed by atoms with E-state index in [-0.39, 0.29) is 6.10 Å². The molecule has 0 fully saturated rings. The van der Waals surface area contributed by atoms with Gasteiger partial charge in [0.15, 0.2) is 0 Å². The van der Waals surface area contributed by atoms with Gasteiger partial charge in [-0.05, 0) is 40.0 Å². The molecule has 0 aliphatic carbocycles. The Hall–Kier alpha value is -1.13. The van der Waals surface area contributed by atoms with E-state index in [0.29, 0.717) is 0 Å². The molecular formula is C12H13BrN2O. The number of aliphatic hydroxyl groups excluding tert-OH is 1. The molecule has 1 aromatic carbocycles. The number of nitrogens with zero attached hydrogens (tertiary/aromatic N) is 2. The zero-order chi connectivity index (χ0) is 11.5. The Labute approximate surface area is 103 Å². The Morgan fingerprint density at radius 2 is 2.06 bits per heavy atom. The lowest BCUT2D eigenvalue weighted by Crippen LogP contribution is -1.97. The number of halogens is 1. The van der Waals surface area contributed by atoms with Crippen molar-refractivity contribution in [2.75, 3.05) is 0 Å². The SMILES string of the molecule is CCC(O)c1ccc(-n2cc(Br)cn2)cc1. The quantitative estimate of drug-likeness (QED) is 0.938. The van der Waals surface area contributed by atoms with Gasteiger partial charge in [0.1, 0.15) is 0 Å². The van der Waals surface area contributed by atoms with Crippen LogP contribution < -0.4 is 0 Å². The highest BCUT2D eigenvalue weighted by Gasteiger charge is 2.05. The summed E-state index contributed by atoms with van der Waals surface area (Å²) < 4.78 is 2.73. The van der Waals surface area contributed by atoms with Crippen molar-refractivity contribution in [2.24, 2.45) is 0 Å². The van der Waals surface area contributed by atoms with E-state index in [1.165, 1.54) is 0 Å². The molecule has 4 heteroatoms. The van der Waals surface area contributed by atoms with Crippen molar-refractivity contribution in [1.82, 2.24) is 9.78 Å². The number of hydrogen-bond donors (Lipinski definition) is 1. The molecular weight excluding hydrogens is 268 g/mol. The molecule has 0 aliphatic rings. The maximum absolute atomic E-state index is 9.66. The second kappa shape index (κ2) is 4.80. The lowest BCUT2D eigenvalue weighted by Gasteiger charge is -2.08. The largest absolute Gasteiger partial charge is 0.388 e. The first-order chi connectivity index (χ1) is 7.70. The van der Waals surface area contributed by atoms with E-state index in [4.69, 9.17) is 0 Å². The molecule has 0 aliphatic heterocycles. The van der Waals surface area contributed by atoms with Crippen molar-refractivity contribution in [3.63, 3.8) is 0 Å². The highest BCUT2D eigenvalue weighted by molar-refractivity contribution is 9.10. The number of rotatable bonds is 3. The van der Waals surface area contributed by atoms with Gasteiger partial charge in [0.05, 0.1) is 22.5 Å². The Morgan fingerprint density at radius 1 is 1.38 bits per heavy atom. The first-order valence-electron chi connectivity index (χ1n) is 5.19. The first-order valence-corrected chi connectivity index (χ1v) is 5.98. The van der Waals surface area contributed by atoms with Crippen LogP contribution in [0.3, 0.4) is 0 Å². The Balaban J connectivity index is 2.25. The number of aromatic nitrogens is 2. The summed E-state index contributed by atoms with van der Waals surface area (Å²) in [4.78, 5) is 0. The molecule has 16 heavy (non-hydrogen) atoms. The predicted molar refractivity (Wildman–Crippen MR) is 66.5 cm³/mol. The molecule has 3 nitrogen and oxygen atoms in total. The van der Waals surface area contributed by atoms with E-state index in [2.05, 4.69) is 21.0 Å². The topological polar surface area (TPSA) is 38.0 Å². The maximum atomic E-state index is 9.66. The van der Waals surface area contributed by atoms with E-state index in [0.717, 1.165) is 22.1 Å². The summed E-state index contributed by atoms with van der Waals surface area (Å²) in [5.74, 6) is 0. The van der Waals surface area contributed by atoms with Crippen LogP contribution in [0.2, 0.25) is 0 Å². The Morgan fingerprint density at radius 3 is 2.56 bits per heavy atom. The second-order valence-electron chi connectivity index (χ2n) is 3.62. The molecule has 0 amide bonds. The maximum Gasteiger partial charge on any atom is 0.0787 e. The minimum absolute atomic E-state index is 0.376. The van der Waals surface area contributed by atoms with Crippen molar-refractivity contribution >= 4 is 15.9 Å². The van der Waals surface area contributed by atoms with Gasteiger partial charge >= 0.3 is 0 Å². The van der Waals surface area contributed by atoms with Crippen molar-refractivity contribution in [3.05, 3.63) is 46.7 Å². The fourth-order valence-corrected chi connectivity index (χ4v) is 1.81. The molecule has 1 N–H and O–H groups in total. The van der Waals surface area contributed by atoms with E-state index < -0.39 is 0 Å². The van der Waals surface area contributed by atoms with Gasteiger partial charge in [-0.15, -0.1) is 0 Å². The summed E-state index contributed by atoms with van der Waals surface area (Å²) >= 11 is 3.35. The standard InChI is InChI=1S/C12H13BrN2O/c1-2-12(16)9-3-5-11(6-4-9)15-8-10(13)7-14-15/h3-8,12,16H,2H2,1H3. The molecule has 0 spiro atoms. The van der Waals surface area contributed by atoms with E-state index in [1.807, 2.05) is 37.4 Å². The molecule has 0 saturated heterocycles. The van der Waals surface area contributed by atoms with Crippen LogP contribution in [0.5, 0.6) is 0 Å². The van der Waals surface area contributed by atoms with Crippen LogP contribution >= 0.6 is 15.9 Å². The monoisotopic (exact) mass is 280 g/mol. The zero-order valence-corrected chi connectivity index (χ0v) is 10.6.